The van der Waals surface area contributed by atoms with E-state index in [1.807, 2.05) is 4.90 Å². The Morgan fingerprint density at radius 3 is 2.38 bits per heavy atom. The lowest BCUT2D eigenvalue weighted by molar-refractivity contribution is -0.384. The van der Waals surface area contributed by atoms with Crippen LogP contribution in [0.4, 0.5) is 11.4 Å². The van der Waals surface area contributed by atoms with Crippen LogP contribution in [0, 0.1) is 16.0 Å². The number of benzene rings is 1. The predicted molar refractivity (Wildman–Crippen MR) is 101 cm³/mol. The molecule has 8 heteroatoms. The summed E-state index contributed by atoms with van der Waals surface area (Å²) in [6.45, 7) is 5.88. The summed E-state index contributed by atoms with van der Waals surface area (Å²) in [4.78, 5) is 13.2. The van der Waals surface area contributed by atoms with Crippen molar-refractivity contribution in [3.63, 3.8) is 0 Å². The molecule has 0 amide bonds. The highest BCUT2D eigenvalue weighted by molar-refractivity contribution is 7.89. The summed E-state index contributed by atoms with van der Waals surface area (Å²) >= 11 is 0. The fourth-order valence-electron chi connectivity index (χ4n) is 3.88. The fraction of sp³-hybridized carbons (Fsp3) is 0.667. The molecule has 144 valence electrons. The zero-order valence-corrected chi connectivity index (χ0v) is 16.2. The monoisotopic (exact) mass is 381 g/mol. The fourth-order valence-corrected chi connectivity index (χ4v) is 5.37. The second-order valence-corrected chi connectivity index (χ2v) is 9.47. The van der Waals surface area contributed by atoms with Gasteiger partial charge in [-0.3, -0.25) is 10.1 Å². The minimum atomic E-state index is -3.69. The molecule has 2 saturated heterocycles. The molecular formula is C18H27N3O4S. The first-order valence-electron chi connectivity index (χ1n) is 9.36. The summed E-state index contributed by atoms with van der Waals surface area (Å²) < 4.78 is 27.3. The highest BCUT2D eigenvalue weighted by Crippen LogP contribution is 2.35. The van der Waals surface area contributed by atoms with Gasteiger partial charge in [-0.25, -0.2) is 8.42 Å². The number of piperidine rings is 2. The van der Waals surface area contributed by atoms with Gasteiger partial charge in [0.15, 0.2) is 0 Å². The Hall–Kier alpha value is -1.67. The minimum Gasteiger partial charge on any atom is -0.363 e. The van der Waals surface area contributed by atoms with E-state index in [2.05, 4.69) is 13.8 Å². The van der Waals surface area contributed by atoms with Crippen molar-refractivity contribution in [2.45, 2.75) is 56.9 Å². The van der Waals surface area contributed by atoms with Gasteiger partial charge in [-0.1, -0.05) is 6.92 Å². The zero-order chi connectivity index (χ0) is 18.9. The standard InChI is InChI=1S/C18H27N3O4S/c1-14-8-11-19(12-9-14)26(24,25)16-6-7-17(18(13-16)21(22)23)20-10-4-3-5-15(20)2/h6-7,13-15H,3-5,8-12H2,1-2H3. The number of rotatable bonds is 4. The van der Waals surface area contributed by atoms with E-state index in [4.69, 9.17) is 0 Å². The molecule has 7 nitrogen and oxygen atoms in total. The lowest BCUT2D eigenvalue weighted by Crippen LogP contribution is -2.38. The van der Waals surface area contributed by atoms with Crippen LogP contribution in [0.2, 0.25) is 0 Å². The molecule has 3 rings (SSSR count). The Kier molecular flexibility index (Phi) is 5.53. The Balaban J connectivity index is 1.94. The van der Waals surface area contributed by atoms with Crippen molar-refractivity contribution in [3.05, 3.63) is 28.3 Å². The van der Waals surface area contributed by atoms with Crippen molar-refractivity contribution in [1.82, 2.24) is 4.31 Å². The maximum absolute atomic E-state index is 12.9. The van der Waals surface area contributed by atoms with E-state index in [9.17, 15) is 18.5 Å². The molecular weight excluding hydrogens is 354 g/mol. The average molecular weight is 381 g/mol. The first-order valence-corrected chi connectivity index (χ1v) is 10.8. The summed E-state index contributed by atoms with van der Waals surface area (Å²) in [5, 5.41) is 11.6. The maximum atomic E-state index is 12.9. The van der Waals surface area contributed by atoms with E-state index in [1.54, 1.807) is 6.07 Å². The Bertz CT molecular complexity index is 773. The van der Waals surface area contributed by atoms with Crippen molar-refractivity contribution in [1.29, 1.82) is 0 Å². The van der Waals surface area contributed by atoms with E-state index >= 15 is 0 Å². The summed E-state index contributed by atoms with van der Waals surface area (Å²) in [5.74, 6) is 0.513. The topological polar surface area (TPSA) is 83.8 Å². The van der Waals surface area contributed by atoms with E-state index in [0.717, 1.165) is 38.6 Å². The largest absolute Gasteiger partial charge is 0.363 e. The van der Waals surface area contributed by atoms with Gasteiger partial charge >= 0.3 is 0 Å². The van der Waals surface area contributed by atoms with Crippen molar-refractivity contribution < 1.29 is 13.3 Å². The smallest absolute Gasteiger partial charge is 0.293 e. The molecule has 0 aromatic heterocycles. The first-order chi connectivity index (χ1) is 12.3. The Morgan fingerprint density at radius 2 is 1.77 bits per heavy atom. The van der Waals surface area contributed by atoms with Crippen molar-refractivity contribution in [2.75, 3.05) is 24.5 Å². The molecule has 1 aromatic rings. The number of hydrogen-bond acceptors (Lipinski definition) is 5. The van der Waals surface area contributed by atoms with Crippen LogP contribution in [0.25, 0.3) is 0 Å². The van der Waals surface area contributed by atoms with Crippen LogP contribution in [-0.4, -0.2) is 43.3 Å². The van der Waals surface area contributed by atoms with Gasteiger partial charge in [0.2, 0.25) is 10.0 Å². The maximum Gasteiger partial charge on any atom is 0.293 e. The highest BCUT2D eigenvalue weighted by Gasteiger charge is 2.32. The SMILES string of the molecule is CC1CCN(S(=O)(=O)c2ccc(N3CCCCC3C)c([N+](=O)[O-])c2)CC1. The van der Waals surface area contributed by atoms with Gasteiger partial charge < -0.3 is 4.90 Å². The van der Waals surface area contributed by atoms with Crippen molar-refractivity contribution in [2.24, 2.45) is 5.92 Å². The third kappa shape index (κ3) is 3.71. The van der Waals surface area contributed by atoms with Crippen molar-refractivity contribution >= 4 is 21.4 Å². The molecule has 0 bridgehead atoms. The number of anilines is 1. The summed E-state index contributed by atoms with van der Waals surface area (Å²) in [6.07, 6.45) is 4.75. The van der Waals surface area contributed by atoms with Gasteiger partial charge in [0, 0.05) is 31.7 Å². The number of sulfonamides is 1. The van der Waals surface area contributed by atoms with Gasteiger partial charge in [0.05, 0.1) is 9.82 Å². The molecule has 0 aliphatic carbocycles. The van der Waals surface area contributed by atoms with Gasteiger partial charge in [-0.05, 0) is 57.1 Å². The third-order valence-electron chi connectivity index (χ3n) is 5.64. The second-order valence-electron chi connectivity index (χ2n) is 7.53. The molecule has 2 aliphatic rings. The molecule has 2 heterocycles. The van der Waals surface area contributed by atoms with Crippen LogP contribution >= 0.6 is 0 Å². The minimum absolute atomic E-state index is 0.0205. The van der Waals surface area contributed by atoms with E-state index in [-0.39, 0.29) is 16.6 Å². The molecule has 1 aromatic carbocycles. The van der Waals surface area contributed by atoms with Crippen LogP contribution < -0.4 is 4.90 Å². The number of nitro groups is 1. The van der Waals surface area contributed by atoms with Crippen molar-refractivity contribution in [3.8, 4) is 0 Å². The number of nitro benzene ring substituents is 1. The number of hydrogen-bond donors (Lipinski definition) is 0. The molecule has 1 unspecified atom stereocenters. The molecule has 2 aliphatic heterocycles. The van der Waals surface area contributed by atoms with E-state index < -0.39 is 14.9 Å². The Morgan fingerprint density at radius 1 is 1.08 bits per heavy atom. The van der Waals surface area contributed by atoms with Crippen LogP contribution in [0.3, 0.4) is 0 Å². The first kappa shape index (κ1) is 19.1. The lowest BCUT2D eigenvalue weighted by atomic mass is 10.0. The van der Waals surface area contributed by atoms with E-state index in [1.165, 1.54) is 16.4 Å². The molecule has 0 spiro atoms. The average Bonchev–Trinajstić information content (AvgIpc) is 2.62. The third-order valence-corrected chi connectivity index (χ3v) is 7.53. The van der Waals surface area contributed by atoms with Crippen LogP contribution in [0.15, 0.2) is 23.1 Å². The molecule has 0 N–H and O–H groups in total. The van der Waals surface area contributed by atoms with Gasteiger partial charge in [0.25, 0.3) is 5.69 Å². The quantitative estimate of drug-likeness (QED) is 0.590. The summed E-state index contributed by atoms with van der Waals surface area (Å²) in [5.41, 5.74) is 0.401. The lowest BCUT2D eigenvalue weighted by Gasteiger charge is -2.35. The van der Waals surface area contributed by atoms with E-state index in [0.29, 0.717) is 24.7 Å². The molecule has 0 radical (unpaired) electrons. The molecule has 0 saturated carbocycles. The second kappa shape index (κ2) is 7.52. The number of nitrogens with zero attached hydrogens (tertiary/aromatic N) is 3. The van der Waals surface area contributed by atoms with Crippen LogP contribution in [-0.2, 0) is 10.0 Å². The Labute approximate surface area is 155 Å². The highest BCUT2D eigenvalue weighted by atomic mass is 32.2. The predicted octanol–water partition coefficient (Wildman–Crippen LogP) is 3.39. The van der Waals surface area contributed by atoms with Crippen LogP contribution in [0.5, 0.6) is 0 Å². The van der Waals surface area contributed by atoms with Gasteiger partial charge in [0.1, 0.15) is 5.69 Å². The molecule has 26 heavy (non-hydrogen) atoms. The normalized spacial score (nSPS) is 23.2. The van der Waals surface area contributed by atoms with Crippen LogP contribution in [0.1, 0.15) is 46.0 Å². The summed E-state index contributed by atoms with van der Waals surface area (Å²) in [7, 11) is -3.69. The zero-order valence-electron chi connectivity index (χ0n) is 15.4. The van der Waals surface area contributed by atoms with Gasteiger partial charge in [-0.15, -0.1) is 0 Å². The summed E-state index contributed by atoms with van der Waals surface area (Å²) in [6, 6.07) is 4.59. The molecule has 2 fully saturated rings. The van der Waals surface area contributed by atoms with Gasteiger partial charge in [-0.2, -0.15) is 4.31 Å². The molecule has 1 atom stereocenters.